The van der Waals surface area contributed by atoms with E-state index in [1.165, 1.54) is 0 Å². The van der Waals surface area contributed by atoms with Crippen molar-refractivity contribution in [1.29, 1.82) is 0 Å². The zero-order valence-corrected chi connectivity index (χ0v) is 9.72. The summed E-state index contributed by atoms with van der Waals surface area (Å²) in [5.41, 5.74) is 6.76. The van der Waals surface area contributed by atoms with Crippen LogP contribution in [-0.4, -0.2) is 36.8 Å². The molecule has 5 nitrogen and oxygen atoms in total. The van der Waals surface area contributed by atoms with Crippen molar-refractivity contribution in [2.45, 2.75) is 6.42 Å². The van der Waals surface area contributed by atoms with Crippen LogP contribution in [-0.2, 0) is 4.79 Å². The topological polar surface area (TPSA) is 66.6 Å². The summed E-state index contributed by atoms with van der Waals surface area (Å²) in [5.74, 6) is -0.0134. The Morgan fingerprint density at radius 2 is 2.24 bits per heavy atom. The highest BCUT2D eigenvalue weighted by Gasteiger charge is 2.25. The van der Waals surface area contributed by atoms with Gasteiger partial charge in [0.25, 0.3) is 0 Å². The molecule has 1 aromatic rings. The van der Waals surface area contributed by atoms with Crippen LogP contribution in [0.3, 0.4) is 0 Å². The van der Waals surface area contributed by atoms with Gasteiger partial charge in [-0.3, -0.25) is 19.6 Å². The number of rotatable bonds is 3. The van der Waals surface area contributed by atoms with E-state index in [2.05, 4.69) is 0 Å². The number of hydrogen-bond acceptors (Lipinski definition) is 4. The van der Waals surface area contributed by atoms with Crippen molar-refractivity contribution in [3.63, 3.8) is 0 Å². The molecule has 0 atom stereocenters. The van der Waals surface area contributed by atoms with Crippen molar-refractivity contribution in [1.82, 2.24) is 5.01 Å². The van der Waals surface area contributed by atoms with Crippen LogP contribution in [0.15, 0.2) is 24.3 Å². The summed E-state index contributed by atoms with van der Waals surface area (Å²) in [4.78, 5) is 22.9. The second kappa shape index (κ2) is 4.55. The zero-order chi connectivity index (χ0) is 12.4. The lowest BCUT2D eigenvalue weighted by Crippen LogP contribution is -2.35. The van der Waals surface area contributed by atoms with Crippen molar-refractivity contribution in [3.8, 4) is 0 Å². The molecule has 1 aliphatic heterocycles. The monoisotopic (exact) mass is 233 g/mol. The highest BCUT2D eigenvalue weighted by molar-refractivity contribution is 5.98. The summed E-state index contributed by atoms with van der Waals surface area (Å²) in [7, 11) is 1.73. The molecule has 90 valence electrons. The second-order valence-electron chi connectivity index (χ2n) is 3.97. The average Bonchev–Trinajstić information content (AvgIpc) is 2.69. The molecule has 0 aliphatic carbocycles. The van der Waals surface area contributed by atoms with Crippen molar-refractivity contribution < 1.29 is 9.59 Å². The normalized spacial score (nSPS) is 15.5. The van der Waals surface area contributed by atoms with Crippen LogP contribution in [0, 0.1) is 0 Å². The third-order valence-electron chi connectivity index (χ3n) is 2.91. The summed E-state index contributed by atoms with van der Waals surface area (Å²) in [6.45, 7) is 0.647. The van der Waals surface area contributed by atoms with Crippen LogP contribution in [0.5, 0.6) is 0 Å². The Morgan fingerprint density at radius 3 is 2.82 bits per heavy atom. The number of carbonyl (C=O) groups excluding carboxylic acids is 2. The molecule has 1 saturated heterocycles. The van der Waals surface area contributed by atoms with Gasteiger partial charge in [-0.05, 0) is 12.1 Å². The minimum atomic E-state index is -0.0972. The van der Waals surface area contributed by atoms with Crippen molar-refractivity contribution in [2.24, 2.45) is 5.73 Å². The van der Waals surface area contributed by atoms with E-state index in [9.17, 15) is 9.59 Å². The van der Waals surface area contributed by atoms with Gasteiger partial charge in [-0.1, -0.05) is 12.1 Å². The Bertz CT molecular complexity index is 459. The highest BCUT2D eigenvalue weighted by Crippen LogP contribution is 2.22. The minimum absolute atomic E-state index is 0.00176. The van der Waals surface area contributed by atoms with Gasteiger partial charge in [-0.15, -0.1) is 0 Å². The first kappa shape index (κ1) is 11.6. The van der Waals surface area contributed by atoms with Crippen molar-refractivity contribution in [3.05, 3.63) is 29.8 Å². The van der Waals surface area contributed by atoms with Crippen LogP contribution >= 0.6 is 0 Å². The predicted octanol–water partition coefficient (Wildman–Crippen LogP) is 0.412. The molecule has 5 heteroatoms. The van der Waals surface area contributed by atoms with Crippen LogP contribution in [0.1, 0.15) is 16.8 Å². The van der Waals surface area contributed by atoms with Gasteiger partial charge in [0, 0.05) is 25.6 Å². The van der Waals surface area contributed by atoms with Crippen molar-refractivity contribution >= 4 is 17.4 Å². The summed E-state index contributed by atoms with van der Waals surface area (Å²) >= 11 is 0. The number of benzene rings is 1. The molecule has 1 amide bonds. The number of hydrazine groups is 1. The van der Waals surface area contributed by atoms with Crippen LogP contribution in [0.2, 0.25) is 0 Å². The molecular formula is C12H15N3O2. The number of carbonyl (C=O) groups is 2. The van der Waals surface area contributed by atoms with Crippen LogP contribution in [0.4, 0.5) is 5.69 Å². The number of nitrogens with zero attached hydrogens (tertiary/aromatic N) is 2. The standard InChI is InChI=1S/C12H15N3O2/c1-14-12(17)5-6-15(14)10-4-2-3-9(7-10)11(16)8-13/h2-4,7H,5-6,8,13H2,1H3. The van der Waals surface area contributed by atoms with E-state index < -0.39 is 0 Å². The second-order valence-corrected chi connectivity index (χ2v) is 3.97. The first-order valence-electron chi connectivity index (χ1n) is 5.51. The molecule has 2 rings (SSSR count). The van der Waals surface area contributed by atoms with Gasteiger partial charge in [0.15, 0.2) is 5.78 Å². The Balaban J connectivity index is 2.28. The fraction of sp³-hybridized carbons (Fsp3) is 0.333. The summed E-state index contributed by atoms with van der Waals surface area (Å²) in [6.07, 6.45) is 0.506. The fourth-order valence-electron chi connectivity index (χ4n) is 1.91. The Morgan fingerprint density at radius 1 is 1.47 bits per heavy atom. The van der Waals surface area contributed by atoms with E-state index in [0.29, 0.717) is 18.5 Å². The maximum atomic E-state index is 11.5. The molecule has 17 heavy (non-hydrogen) atoms. The largest absolute Gasteiger partial charge is 0.324 e. The SMILES string of the molecule is CN1C(=O)CCN1c1cccc(C(=O)CN)c1. The maximum absolute atomic E-state index is 11.5. The lowest BCUT2D eigenvalue weighted by atomic mass is 10.1. The van der Waals surface area contributed by atoms with Crippen LogP contribution in [0.25, 0.3) is 0 Å². The lowest BCUT2D eigenvalue weighted by molar-refractivity contribution is -0.126. The molecule has 1 aliphatic rings. The zero-order valence-electron chi connectivity index (χ0n) is 9.72. The molecule has 0 radical (unpaired) electrons. The predicted molar refractivity (Wildman–Crippen MR) is 64.6 cm³/mol. The van der Waals surface area contributed by atoms with Crippen LogP contribution < -0.4 is 10.7 Å². The summed E-state index contributed by atoms with van der Waals surface area (Å²) in [5, 5.41) is 3.43. The molecule has 0 aromatic heterocycles. The van der Waals surface area contributed by atoms with E-state index in [-0.39, 0.29) is 18.2 Å². The van der Waals surface area contributed by atoms with Gasteiger partial charge in [0.05, 0.1) is 12.2 Å². The van der Waals surface area contributed by atoms with Crippen molar-refractivity contribution in [2.75, 3.05) is 25.1 Å². The average molecular weight is 233 g/mol. The molecule has 0 saturated carbocycles. The van der Waals surface area contributed by atoms with E-state index in [1.54, 1.807) is 30.3 Å². The molecule has 1 heterocycles. The first-order chi connectivity index (χ1) is 8.13. The fourth-order valence-corrected chi connectivity index (χ4v) is 1.91. The molecule has 1 aromatic carbocycles. The van der Waals surface area contributed by atoms with Gasteiger partial charge in [0.1, 0.15) is 0 Å². The van der Waals surface area contributed by atoms with Gasteiger partial charge >= 0.3 is 0 Å². The van der Waals surface area contributed by atoms with E-state index in [0.717, 1.165) is 5.69 Å². The first-order valence-corrected chi connectivity index (χ1v) is 5.51. The number of amides is 1. The Hall–Kier alpha value is -1.88. The maximum Gasteiger partial charge on any atom is 0.242 e. The third kappa shape index (κ3) is 2.14. The number of anilines is 1. The highest BCUT2D eigenvalue weighted by atomic mass is 16.2. The summed E-state index contributed by atoms with van der Waals surface area (Å²) < 4.78 is 0. The Kier molecular flexibility index (Phi) is 3.10. The van der Waals surface area contributed by atoms with Gasteiger partial charge < -0.3 is 5.73 Å². The van der Waals surface area contributed by atoms with Gasteiger partial charge in [-0.25, -0.2) is 0 Å². The number of hydrogen-bond donors (Lipinski definition) is 1. The summed E-state index contributed by atoms with van der Waals surface area (Å²) in [6, 6.07) is 7.18. The Labute approximate surface area is 99.8 Å². The number of ketones is 1. The number of Topliss-reactive ketones (excluding diaryl/α,β-unsaturated/α-hetero) is 1. The quantitative estimate of drug-likeness (QED) is 0.768. The van der Waals surface area contributed by atoms with E-state index >= 15 is 0 Å². The third-order valence-corrected chi connectivity index (χ3v) is 2.91. The molecule has 2 N–H and O–H groups in total. The lowest BCUT2D eigenvalue weighted by Gasteiger charge is -2.26. The van der Waals surface area contributed by atoms with E-state index in [1.807, 2.05) is 11.1 Å². The van der Waals surface area contributed by atoms with Gasteiger partial charge in [0.2, 0.25) is 5.91 Å². The minimum Gasteiger partial charge on any atom is -0.324 e. The molecule has 0 unspecified atom stereocenters. The molecular weight excluding hydrogens is 218 g/mol. The van der Waals surface area contributed by atoms with Gasteiger partial charge in [-0.2, -0.15) is 0 Å². The molecule has 1 fully saturated rings. The molecule has 0 spiro atoms. The smallest absolute Gasteiger partial charge is 0.242 e. The molecule has 0 bridgehead atoms. The number of nitrogens with two attached hydrogens (primary N) is 1. The van der Waals surface area contributed by atoms with E-state index in [4.69, 9.17) is 5.73 Å².